The van der Waals surface area contributed by atoms with Crippen LogP contribution in [0.2, 0.25) is 0 Å². The third kappa shape index (κ3) is 4.54. The topological polar surface area (TPSA) is 93.6 Å². The molecule has 1 saturated heterocycles. The van der Waals surface area contributed by atoms with E-state index in [9.17, 15) is 23.6 Å². The van der Waals surface area contributed by atoms with Crippen LogP contribution in [0.15, 0.2) is 83.4 Å². The average molecular weight is 680 g/mol. The Morgan fingerprint density at radius 1 is 0.935 bits per heavy atom. The predicted molar refractivity (Wildman–Crippen MR) is 172 cm³/mol. The number of aromatic nitrogens is 1. The summed E-state index contributed by atoms with van der Waals surface area (Å²) in [6.45, 7) is 1.49. The molecular formula is C37H28BrFN2O5. The van der Waals surface area contributed by atoms with E-state index in [1.54, 1.807) is 36.4 Å². The van der Waals surface area contributed by atoms with Crippen molar-refractivity contribution >= 4 is 56.1 Å². The van der Waals surface area contributed by atoms with Gasteiger partial charge in [-0.25, -0.2) is 14.2 Å². The van der Waals surface area contributed by atoms with Gasteiger partial charge in [-0.1, -0.05) is 47.1 Å². The van der Waals surface area contributed by atoms with Crippen LogP contribution < -0.4 is 4.90 Å². The summed E-state index contributed by atoms with van der Waals surface area (Å²) in [5, 5.41) is 0.572. The Labute approximate surface area is 272 Å². The predicted octanol–water partition coefficient (Wildman–Crippen LogP) is 6.96. The van der Waals surface area contributed by atoms with E-state index in [-0.39, 0.29) is 46.6 Å². The van der Waals surface area contributed by atoms with Crippen LogP contribution in [0.3, 0.4) is 0 Å². The Hall–Kier alpha value is -4.50. The third-order valence-corrected chi connectivity index (χ3v) is 10.6. The summed E-state index contributed by atoms with van der Waals surface area (Å²) in [6.07, 6.45) is 6.09. The number of benzene rings is 3. The molecule has 2 amide bonds. The molecule has 0 N–H and O–H groups in total. The van der Waals surface area contributed by atoms with Gasteiger partial charge in [0.2, 0.25) is 11.8 Å². The molecule has 1 aromatic heterocycles. The molecule has 2 bridgehead atoms. The number of halogens is 2. The number of imide groups is 1. The van der Waals surface area contributed by atoms with Crippen LogP contribution in [-0.4, -0.2) is 35.2 Å². The van der Waals surface area contributed by atoms with Gasteiger partial charge in [0.25, 0.3) is 0 Å². The summed E-state index contributed by atoms with van der Waals surface area (Å²) < 4.78 is 19.5. The largest absolute Gasteiger partial charge is 0.454 e. The Morgan fingerprint density at radius 3 is 2.22 bits per heavy atom. The molecule has 6 unspecified atom stereocenters. The lowest BCUT2D eigenvalue weighted by atomic mass is 9.63. The number of pyridine rings is 1. The summed E-state index contributed by atoms with van der Waals surface area (Å²) in [5.74, 6) is -1.03. The zero-order valence-corrected chi connectivity index (χ0v) is 26.4. The highest BCUT2D eigenvalue weighted by molar-refractivity contribution is 9.10. The highest BCUT2D eigenvalue weighted by Gasteiger charge is 2.67. The summed E-state index contributed by atoms with van der Waals surface area (Å²) in [6, 6.07) is 17.5. The van der Waals surface area contributed by atoms with Gasteiger partial charge in [0.1, 0.15) is 5.82 Å². The molecule has 2 saturated carbocycles. The molecule has 230 valence electrons. The third-order valence-electron chi connectivity index (χ3n) is 10.1. The van der Waals surface area contributed by atoms with E-state index in [4.69, 9.17) is 9.72 Å². The monoisotopic (exact) mass is 678 g/mol. The minimum Gasteiger partial charge on any atom is -0.454 e. The fraction of sp³-hybridized carbons (Fsp3) is 0.270. The van der Waals surface area contributed by atoms with Crippen molar-refractivity contribution in [3.05, 3.63) is 106 Å². The number of carbonyl (C=O) groups is 4. The highest BCUT2D eigenvalue weighted by Crippen LogP contribution is 2.65. The summed E-state index contributed by atoms with van der Waals surface area (Å²) in [7, 11) is 0. The standard InChI is InChI=1S/C37H28BrFN2O5/c1-2-18-13-21(38)14-28-29(37(45)46-17-31(42)20-3-7-22(39)8-4-20)16-30(40-34(18)28)19-5-9-23(10-6-19)41-35(43)32-24-11-12-25(27-15-26(24)27)33(32)36(41)44/h3-14,16,24-27,32-33H,2,15,17H2,1H3. The van der Waals surface area contributed by atoms with Crippen molar-refractivity contribution in [2.45, 2.75) is 19.8 Å². The molecule has 5 aliphatic rings. The number of anilines is 1. The minimum absolute atomic E-state index is 0.116. The number of nitrogens with zero attached hydrogens (tertiary/aromatic N) is 2. The maximum absolute atomic E-state index is 13.6. The first kappa shape index (κ1) is 28.9. The summed E-state index contributed by atoms with van der Waals surface area (Å²) >= 11 is 3.53. The van der Waals surface area contributed by atoms with Gasteiger partial charge >= 0.3 is 5.97 Å². The van der Waals surface area contributed by atoms with Crippen LogP contribution >= 0.6 is 15.9 Å². The number of hydrogen-bond acceptors (Lipinski definition) is 6. The number of hydrogen-bond donors (Lipinski definition) is 0. The molecule has 2 heterocycles. The lowest BCUT2D eigenvalue weighted by molar-refractivity contribution is -0.124. The number of esters is 1. The van der Waals surface area contributed by atoms with Gasteiger partial charge < -0.3 is 4.74 Å². The van der Waals surface area contributed by atoms with E-state index in [1.165, 1.54) is 29.2 Å². The number of ketones is 1. The van der Waals surface area contributed by atoms with Gasteiger partial charge in [-0.2, -0.15) is 0 Å². The van der Waals surface area contributed by atoms with E-state index in [0.717, 1.165) is 16.5 Å². The molecule has 0 radical (unpaired) electrons. The Bertz CT molecular complexity index is 1970. The molecular weight excluding hydrogens is 651 g/mol. The number of ether oxygens (including phenoxy) is 1. The van der Waals surface area contributed by atoms with Crippen LogP contribution in [0, 0.1) is 41.3 Å². The quantitative estimate of drug-likeness (QED) is 0.0908. The fourth-order valence-electron chi connectivity index (χ4n) is 7.87. The van der Waals surface area contributed by atoms with Crippen molar-refractivity contribution in [1.29, 1.82) is 0 Å². The van der Waals surface area contributed by atoms with Gasteiger partial charge in [-0.3, -0.25) is 19.3 Å². The van der Waals surface area contributed by atoms with Crippen molar-refractivity contribution in [2.24, 2.45) is 35.5 Å². The van der Waals surface area contributed by atoms with Crippen LogP contribution in [0.25, 0.3) is 22.2 Å². The van der Waals surface area contributed by atoms with Crippen LogP contribution in [0.1, 0.15) is 39.6 Å². The van der Waals surface area contributed by atoms with E-state index in [0.29, 0.717) is 46.1 Å². The number of aryl methyl sites for hydroxylation is 1. The molecule has 4 aromatic rings. The molecule has 1 aliphatic heterocycles. The molecule has 4 aliphatic carbocycles. The zero-order chi connectivity index (χ0) is 31.9. The van der Waals surface area contributed by atoms with E-state index in [2.05, 4.69) is 28.1 Å². The SMILES string of the molecule is CCc1cc(Br)cc2c(C(=O)OCC(=O)c3ccc(F)cc3)cc(-c3ccc(N4C(=O)C5C6C=CC(C7CC67)C5C4=O)cc3)nc12. The number of carbonyl (C=O) groups excluding carboxylic acids is 4. The lowest BCUT2D eigenvalue weighted by Crippen LogP contribution is -2.40. The molecule has 7 nitrogen and oxygen atoms in total. The normalized spacial score (nSPS) is 25.5. The fourth-order valence-corrected chi connectivity index (χ4v) is 8.37. The first-order valence-electron chi connectivity index (χ1n) is 15.5. The van der Waals surface area contributed by atoms with Gasteiger partial charge in [0.05, 0.1) is 34.3 Å². The molecule has 3 aromatic carbocycles. The van der Waals surface area contributed by atoms with E-state index in [1.807, 2.05) is 13.0 Å². The smallest absolute Gasteiger partial charge is 0.339 e. The van der Waals surface area contributed by atoms with Crippen LogP contribution in [-0.2, 0) is 20.7 Å². The van der Waals surface area contributed by atoms with Crippen molar-refractivity contribution < 1.29 is 28.3 Å². The number of allylic oxidation sites excluding steroid dienone is 2. The summed E-state index contributed by atoms with van der Waals surface area (Å²) in [5.41, 5.74) is 3.73. The van der Waals surface area contributed by atoms with Crippen molar-refractivity contribution in [2.75, 3.05) is 11.5 Å². The molecule has 46 heavy (non-hydrogen) atoms. The molecule has 9 heteroatoms. The number of rotatable bonds is 7. The van der Waals surface area contributed by atoms with Crippen LogP contribution in [0.5, 0.6) is 0 Å². The van der Waals surface area contributed by atoms with Crippen molar-refractivity contribution in [1.82, 2.24) is 4.98 Å². The molecule has 3 fully saturated rings. The first-order valence-corrected chi connectivity index (χ1v) is 16.3. The second kappa shape index (κ2) is 10.8. The summed E-state index contributed by atoms with van der Waals surface area (Å²) in [4.78, 5) is 59.6. The second-order valence-electron chi connectivity index (χ2n) is 12.6. The van der Waals surface area contributed by atoms with Gasteiger partial charge in [0, 0.05) is 21.0 Å². The Morgan fingerprint density at radius 2 is 1.59 bits per heavy atom. The first-order chi connectivity index (χ1) is 22.2. The van der Waals surface area contributed by atoms with E-state index < -0.39 is 24.2 Å². The van der Waals surface area contributed by atoms with Gasteiger partial charge in [-0.05, 0) is 96.7 Å². The van der Waals surface area contributed by atoms with Gasteiger partial charge in [-0.15, -0.1) is 0 Å². The lowest BCUT2D eigenvalue weighted by Gasteiger charge is -2.37. The molecule has 9 rings (SSSR count). The maximum Gasteiger partial charge on any atom is 0.339 e. The average Bonchev–Trinajstić information content (AvgIpc) is 3.85. The number of fused-ring (bicyclic) bond motifs is 1. The van der Waals surface area contributed by atoms with E-state index >= 15 is 0 Å². The Balaban J connectivity index is 1.10. The second-order valence-corrected chi connectivity index (χ2v) is 13.5. The van der Waals surface area contributed by atoms with Crippen molar-refractivity contribution in [3.63, 3.8) is 0 Å². The molecule has 0 spiro atoms. The highest BCUT2D eigenvalue weighted by atomic mass is 79.9. The Kier molecular flexibility index (Phi) is 6.79. The van der Waals surface area contributed by atoms with Crippen molar-refractivity contribution in [3.8, 4) is 11.3 Å². The minimum atomic E-state index is -0.696. The van der Waals surface area contributed by atoms with Gasteiger partial charge in [0.15, 0.2) is 12.4 Å². The number of Topliss-reactive ketones (excluding diaryl/α,β-unsaturated/α-hetero) is 1. The number of amides is 2. The van der Waals surface area contributed by atoms with Crippen LogP contribution in [0.4, 0.5) is 10.1 Å². The zero-order valence-electron chi connectivity index (χ0n) is 24.8. The maximum atomic E-state index is 13.6. The molecule has 6 atom stereocenters.